The summed E-state index contributed by atoms with van der Waals surface area (Å²) in [6.07, 6.45) is 1.55. The van der Waals surface area contributed by atoms with Crippen LogP contribution in [0.15, 0.2) is 0 Å². The van der Waals surface area contributed by atoms with Crippen molar-refractivity contribution >= 4 is 23.9 Å². The maximum Gasteiger partial charge on any atom is 2.00 e. The van der Waals surface area contributed by atoms with Crippen LogP contribution >= 0.6 is 0 Å². The predicted molar refractivity (Wildman–Crippen MR) is 72.3 cm³/mol. The number of aliphatic carboxylic acids is 4. The molecule has 11 heteroatoms. The number of carboxylic acid groups (broad SMARTS) is 4. The van der Waals surface area contributed by atoms with E-state index in [1.54, 1.807) is 0 Å². The summed E-state index contributed by atoms with van der Waals surface area (Å²) < 4.78 is 0. The average molecular weight is 390 g/mol. The average Bonchev–Trinajstić information content (AvgIpc) is 2.30. The number of unbranched alkanes of at least 4 members (excludes halogenated alkanes) is 2. The quantitative estimate of drug-likeness (QED) is 0.265. The first-order valence-electron chi connectivity index (χ1n) is 6.09. The summed E-state index contributed by atoms with van der Waals surface area (Å²) in [4.78, 5) is 39.3. The van der Waals surface area contributed by atoms with Crippen molar-refractivity contribution in [2.75, 3.05) is 0 Å². The summed E-state index contributed by atoms with van der Waals surface area (Å²) in [5.74, 6) is -4.02. The summed E-state index contributed by atoms with van der Waals surface area (Å²) in [5.41, 5.74) is 0. The molecule has 0 spiro atoms. The Balaban J connectivity index is -0.0000000831. The van der Waals surface area contributed by atoms with Crippen LogP contribution in [0.3, 0.4) is 0 Å². The molecule has 0 heterocycles. The molecule has 0 aromatic heterocycles. The second-order valence-electron chi connectivity index (χ2n) is 3.95. The van der Waals surface area contributed by atoms with Crippen molar-refractivity contribution in [2.24, 2.45) is 0 Å². The molecule has 0 aromatic carbocycles. The van der Waals surface area contributed by atoms with Crippen LogP contribution in [-0.4, -0.2) is 34.1 Å². The van der Waals surface area contributed by atoms with Gasteiger partial charge in [-0.15, -0.1) is 0 Å². The molecule has 0 bridgehead atoms. The van der Waals surface area contributed by atoms with Crippen molar-refractivity contribution in [3.8, 4) is 0 Å². The first-order valence-corrected chi connectivity index (χ1v) is 6.09. The summed E-state index contributed by atoms with van der Waals surface area (Å²) in [5, 5.41) is 35.8. The second-order valence-corrected chi connectivity index (χ2v) is 3.95. The zero-order valence-corrected chi connectivity index (χ0v) is 16.1. The van der Waals surface area contributed by atoms with Gasteiger partial charge in [-0.2, -0.15) is 0 Å². The smallest absolute Gasteiger partial charge is 0.550 e. The van der Waals surface area contributed by atoms with E-state index in [1.165, 1.54) is 0 Å². The van der Waals surface area contributed by atoms with Gasteiger partial charge >= 0.3 is 31.4 Å². The van der Waals surface area contributed by atoms with E-state index in [1.807, 2.05) is 0 Å². The summed E-state index contributed by atoms with van der Waals surface area (Å²) in [6.45, 7) is 0. The van der Waals surface area contributed by atoms with Crippen molar-refractivity contribution < 1.29 is 59.1 Å². The van der Waals surface area contributed by atoms with E-state index in [-0.39, 0.29) is 57.5 Å². The topological polar surface area (TPSA) is 225 Å². The van der Waals surface area contributed by atoms with Gasteiger partial charge in [0.1, 0.15) is 0 Å². The zero-order valence-electron chi connectivity index (χ0n) is 13.1. The molecule has 0 amide bonds. The maximum atomic E-state index is 9.90. The third kappa shape index (κ3) is 44.9. The predicted octanol–water partition coefficient (Wildman–Crippen LogP) is -0.916. The maximum absolute atomic E-state index is 9.90. The van der Waals surface area contributed by atoms with E-state index in [2.05, 4.69) is 0 Å². The SMILES string of the molecule is N.N.O=C(O)CCCCC(=O)O.O=C([O-])CCCCC(=O)[O-].[Zn+2]. The summed E-state index contributed by atoms with van der Waals surface area (Å²) in [6, 6.07) is 0. The fourth-order valence-corrected chi connectivity index (χ4v) is 1.09. The molecule has 0 saturated carbocycles. The van der Waals surface area contributed by atoms with Crippen molar-refractivity contribution in [2.45, 2.75) is 51.4 Å². The number of hydrogen-bond donors (Lipinski definition) is 4. The first kappa shape index (κ1) is 33.1. The van der Waals surface area contributed by atoms with Gasteiger partial charge in [0.15, 0.2) is 0 Å². The minimum atomic E-state index is -1.14. The number of carboxylic acids is 4. The Bertz CT molecular complexity index is 275. The minimum Gasteiger partial charge on any atom is -0.550 e. The third-order valence-electron chi connectivity index (χ3n) is 2.04. The Morgan fingerprint density at radius 3 is 1.00 bits per heavy atom. The van der Waals surface area contributed by atoms with E-state index in [0.717, 1.165) is 0 Å². The van der Waals surface area contributed by atoms with Crippen LogP contribution in [0.5, 0.6) is 0 Å². The molecule has 132 valence electrons. The van der Waals surface area contributed by atoms with Gasteiger partial charge in [-0.3, -0.25) is 9.59 Å². The fourth-order valence-electron chi connectivity index (χ4n) is 1.09. The molecule has 0 aliphatic rings. The zero-order chi connectivity index (χ0) is 16.0. The molecule has 0 aliphatic heterocycles. The molecule has 8 N–H and O–H groups in total. The Morgan fingerprint density at radius 2 is 0.826 bits per heavy atom. The molecule has 0 rings (SSSR count). The second kappa shape index (κ2) is 22.7. The Labute approximate surface area is 147 Å². The van der Waals surface area contributed by atoms with Crippen LogP contribution in [0.4, 0.5) is 0 Å². The largest absolute Gasteiger partial charge is 2.00 e. The molecule has 0 unspecified atom stereocenters. The van der Waals surface area contributed by atoms with Gasteiger partial charge in [0.25, 0.3) is 0 Å². The van der Waals surface area contributed by atoms with Crippen LogP contribution in [0.2, 0.25) is 0 Å². The third-order valence-corrected chi connectivity index (χ3v) is 2.04. The molecule has 0 saturated heterocycles. The van der Waals surface area contributed by atoms with Crippen LogP contribution in [-0.2, 0) is 38.7 Å². The molecule has 23 heavy (non-hydrogen) atoms. The monoisotopic (exact) mass is 388 g/mol. The number of hydrogen-bond acceptors (Lipinski definition) is 8. The van der Waals surface area contributed by atoms with Crippen LogP contribution < -0.4 is 22.5 Å². The Morgan fingerprint density at radius 1 is 0.609 bits per heavy atom. The standard InChI is InChI=1S/2C6H10O4.2H3N.Zn/c2*7-5(8)3-1-2-4-6(9)10;;;/h2*1-4H2,(H,7,8)(H,9,10);2*1H3;/q;;;;+2/p-2. The Hall–Kier alpha value is -1.58. The van der Waals surface area contributed by atoms with Gasteiger partial charge in [-0.1, -0.05) is 0 Å². The minimum absolute atomic E-state index is 0. The molecule has 0 radical (unpaired) electrons. The molecule has 0 aliphatic carbocycles. The van der Waals surface area contributed by atoms with E-state index in [9.17, 15) is 29.4 Å². The van der Waals surface area contributed by atoms with Crippen molar-refractivity contribution in [1.29, 1.82) is 0 Å². The molecule has 0 fully saturated rings. The van der Waals surface area contributed by atoms with Gasteiger partial charge in [-0.25, -0.2) is 0 Å². The number of carbonyl (C=O) groups is 4. The normalized spacial score (nSPS) is 8.00. The molecule has 0 aromatic rings. The van der Waals surface area contributed by atoms with Crippen LogP contribution in [0.25, 0.3) is 0 Å². The van der Waals surface area contributed by atoms with Gasteiger partial charge in [0.05, 0.1) is 0 Å². The van der Waals surface area contributed by atoms with Crippen molar-refractivity contribution in [3.63, 3.8) is 0 Å². The van der Waals surface area contributed by atoms with E-state index in [4.69, 9.17) is 10.2 Å². The summed E-state index contributed by atoms with van der Waals surface area (Å²) in [7, 11) is 0. The first-order chi connectivity index (χ1) is 9.25. The molecular formula is C12H24N2O8Zn. The van der Waals surface area contributed by atoms with E-state index >= 15 is 0 Å². The van der Waals surface area contributed by atoms with Gasteiger partial charge in [0.2, 0.25) is 0 Å². The van der Waals surface area contributed by atoms with Gasteiger partial charge < -0.3 is 42.3 Å². The summed E-state index contributed by atoms with van der Waals surface area (Å²) >= 11 is 0. The van der Waals surface area contributed by atoms with E-state index < -0.39 is 23.9 Å². The van der Waals surface area contributed by atoms with Crippen molar-refractivity contribution in [3.05, 3.63) is 0 Å². The van der Waals surface area contributed by atoms with Crippen LogP contribution in [0, 0.1) is 0 Å². The molecule has 10 nitrogen and oxygen atoms in total. The molecular weight excluding hydrogens is 366 g/mol. The number of carbonyl (C=O) groups excluding carboxylic acids is 2. The van der Waals surface area contributed by atoms with Crippen LogP contribution in [0.1, 0.15) is 51.4 Å². The fraction of sp³-hybridized carbons (Fsp3) is 0.667. The molecule has 0 atom stereocenters. The van der Waals surface area contributed by atoms with E-state index in [0.29, 0.717) is 25.7 Å². The van der Waals surface area contributed by atoms with Crippen molar-refractivity contribution in [1.82, 2.24) is 12.3 Å². The number of rotatable bonds is 10. The Kier molecular flexibility index (Phi) is 32.7. The van der Waals surface area contributed by atoms with Gasteiger partial charge in [0, 0.05) is 24.8 Å². The van der Waals surface area contributed by atoms with Gasteiger partial charge in [-0.05, 0) is 38.5 Å².